The number of carbonyl (C=O) groups is 1. The minimum atomic E-state index is -0.302. The summed E-state index contributed by atoms with van der Waals surface area (Å²) in [5, 5.41) is 2.77. The zero-order chi connectivity index (χ0) is 15.4. The van der Waals surface area contributed by atoms with Crippen molar-refractivity contribution in [2.75, 3.05) is 19.5 Å². The first kappa shape index (κ1) is 15.3. The zero-order valence-electron chi connectivity index (χ0n) is 11.9. The highest BCUT2D eigenvalue weighted by atomic mass is 79.9. The molecule has 1 aromatic heterocycles. The van der Waals surface area contributed by atoms with Gasteiger partial charge in [-0.2, -0.15) is 0 Å². The Labute approximate surface area is 131 Å². The Morgan fingerprint density at radius 3 is 2.67 bits per heavy atom. The van der Waals surface area contributed by atoms with Gasteiger partial charge >= 0.3 is 0 Å². The fraction of sp³-hybridized carbons (Fsp3) is 0.200. The number of benzene rings is 1. The topological polar surface area (TPSA) is 60.5 Å². The highest BCUT2D eigenvalue weighted by molar-refractivity contribution is 9.10. The first-order valence-corrected chi connectivity index (χ1v) is 7.00. The summed E-state index contributed by atoms with van der Waals surface area (Å²) in [5.41, 5.74) is 1.25. The van der Waals surface area contributed by atoms with Crippen molar-refractivity contribution in [3.05, 3.63) is 46.1 Å². The Balaban J connectivity index is 2.32. The second-order valence-electron chi connectivity index (χ2n) is 4.31. The van der Waals surface area contributed by atoms with E-state index in [2.05, 4.69) is 26.2 Å². The molecule has 0 spiro atoms. The van der Waals surface area contributed by atoms with Gasteiger partial charge < -0.3 is 14.8 Å². The van der Waals surface area contributed by atoms with E-state index in [1.165, 1.54) is 14.2 Å². The molecule has 0 aliphatic heterocycles. The van der Waals surface area contributed by atoms with Crippen LogP contribution in [0.3, 0.4) is 0 Å². The average molecular weight is 351 g/mol. The molecule has 0 radical (unpaired) electrons. The molecule has 1 amide bonds. The third-order valence-corrected chi connectivity index (χ3v) is 3.36. The van der Waals surface area contributed by atoms with Gasteiger partial charge in [0.25, 0.3) is 5.91 Å². The number of rotatable bonds is 4. The summed E-state index contributed by atoms with van der Waals surface area (Å²) in [6.07, 6.45) is 1.63. The van der Waals surface area contributed by atoms with Gasteiger partial charge in [0.15, 0.2) is 11.5 Å². The molecule has 1 aromatic carbocycles. The normalized spacial score (nSPS) is 10.1. The minimum Gasteiger partial charge on any atom is -0.493 e. The molecule has 0 unspecified atom stereocenters. The fourth-order valence-corrected chi connectivity index (χ4v) is 2.36. The molecule has 0 aliphatic rings. The van der Waals surface area contributed by atoms with E-state index in [9.17, 15) is 4.79 Å². The van der Waals surface area contributed by atoms with E-state index in [1.54, 1.807) is 24.4 Å². The van der Waals surface area contributed by atoms with Crippen molar-refractivity contribution in [1.82, 2.24) is 4.98 Å². The van der Waals surface area contributed by atoms with Crippen LogP contribution in [-0.2, 0) is 0 Å². The minimum absolute atomic E-state index is 0.302. The number of carbonyl (C=O) groups excluding carboxylic acids is 1. The molecular weight excluding hydrogens is 336 g/mol. The van der Waals surface area contributed by atoms with Crippen LogP contribution in [0.15, 0.2) is 34.9 Å². The van der Waals surface area contributed by atoms with Crippen LogP contribution in [0.25, 0.3) is 0 Å². The molecule has 6 heteroatoms. The van der Waals surface area contributed by atoms with Crippen LogP contribution in [0.1, 0.15) is 15.9 Å². The Hall–Kier alpha value is -2.08. The molecule has 110 valence electrons. The molecule has 0 atom stereocenters. The van der Waals surface area contributed by atoms with Gasteiger partial charge in [-0.05, 0) is 46.6 Å². The number of nitrogens with one attached hydrogen (secondary N) is 1. The van der Waals surface area contributed by atoms with Crippen molar-refractivity contribution in [3.63, 3.8) is 0 Å². The third-order valence-electron chi connectivity index (χ3n) is 2.92. The number of nitrogens with zero attached hydrogens (tertiary/aromatic N) is 1. The molecule has 0 saturated heterocycles. The van der Waals surface area contributed by atoms with Gasteiger partial charge in [-0.25, -0.2) is 4.98 Å². The van der Waals surface area contributed by atoms with Gasteiger partial charge in [0.1, 0.15) is 5.82 Å². The van der Waals surface area contributed by atoms with Crippen LogP contribution < -0.4 is 14.8 Å². The van der Waals surface area contributed by atoms with Gasteiger partial charge in [-0.15, -0.1) is 0 Å². The highest BCUT2D eigenvalue weighted by Gasteiger charge is 2.17. The predicted molar refractivity (Wildman–Crippen MR) is 84.2 cm³/mol. The first-order valence-electron chi connectivity index (χ1n) is 6.21. The lowest BCUT2D eigenvalue weighted by molar-refractivity contribution is 0.102. The average Bonchev–Trinajstić information content (AvgIpc) is 2.49. The number of aryl methyl sites for hydroxylation is 1. The Morgan fingerprint density at radius 1 is 1.29 bits per heavy atom. The summed E-state index contributed by atoms with van der Waals surface area (Å²) in [4.78, 5) is 16.6. The molecule has 0 fully saturated rings. The van der Waals surface area contributed by atoms with Crippen LogP contribution in [0.4, 0.5) is 5.82 Å². The summed E-state index contributed by atoms with van der Waals surface area (Å²) in [6.45, 7) is 1.87. The maximum Gasteiger partial charge on any atom is 0.260 e. The molecule has 1 N–H and O–H groups in total. The number of pyridine rings is 1. The number of anilines is 1. The summed E-state index contributed by atoms with van der Waals surface area (Å²) in [5.74, 6) is 1.11. The van der Waals surface area contributed by atoms with E-state index in [-0.39, 0.29) is 5.91 Å². The molecule has 0 bridgehead atoms. The first-order chi connectivity index (χ1) is 10.1. The van der Waals surface area contributed by atoms with Gasteiger partial charge in [-0.1, -0.05) is 6.07 Å². The molecule has 5 nitrogen and oxygen atoms in total. The van der Waals surface area contributed by atoms with E-state index in [0.717, 1.165) is 10.0 Å². The van der Waals surface area contributed by atoms with Crippen molar-refractivity contribution in [2.24, 2.45) is 0 Å². The van der Waals surface area contributed by atoms with Crippen LogP contribution >= 0.6 is 15.9 Å². The van der Waals surface area contributed by atoms with Crippen LogP contribution in [0.5, 0.6) is 11.5 Å². The van der Waals surface area contributed by atoms with Gasteiger partial charge in [0, 0.05) is 10.7 Å². The summed E-state index contributed by atoms with van der Waals surface area (Å²) in [7, 11) is 3.03. The van der Waals surface area contributed by atoms with Crippen molar-refractivity contribution >= 4 is 27.7 Å². The van der Waals surface area contributed by atoms with Gasteiger partial charge in [0.2, 0.25) is 0 Å². The lowest BCUT2D eigenvalue weighted by atomic mass is 10.1. The molecule has 21 heavy (non-hydrogen) atoms. The number of aromatic nitrogens is 1. The zero-order valence-corrected chi connectivity index (χ0v) is 13.5. The largest absolute Gasteiger partial charge is 0.493 e. The Kier molecular flexibility index (Phi) is 4.80. The summed E-state index contributed by atoms with van der Waals surface area (Å²) in [6, 6.07) is 7.02. The van der Waals surface area contributed by atoms with E-state index in [4.69, 9.17) is 9.47 Å². The number of hydrogen-bond donors (Lipinski definition) is 1. The van der Waals surface area contributed by atoms with Crippen LogP contribution in [-0.4, -0.2) is 25.1 Å². The molecule has 2 aromatic rings. The highest BCUT2D eigenvalue weighted by Crippen LogP contribution is 2.31. The second-order valence-corrected chi connectivity index (χ2v) is 5.23. The number of halogens is 1. The van der Waals surface area contributed by atoms with Gasteiger partial charge in [0.05, 0.1) is 19.8 Å². The number of methoxy groups -OCH3 is 2. The number of para-hydroxylation sites is 1. The van der Waals surface area contributed by atoms with E-state index >= 15 is 0 Å². The standard InChI is InChI=1S/C15H15BrN2O3/c1-9-7-10(16)8-17-14(9)18-15(19)11-5-4-6-12(20-2)13(11)21-3/h4-8H,1-3H3,(H,17,18,19). The lowest BCUT2D eigenvalue weighted by Gasteiger charge is -2.13. The number of hydrogen-bond acceptors (Lipinski definition) is 4. The van der Waals surface area contributed by atoms with Crippen LogP contribution in [0.2, 0.25) is 0 Å². The van der Waals surface area contributed by atoms with E-state index in [1.807, 2.05) is 13.0 Å². The smallest absolute Gasteiger partial charge is 0.260 e. The van der Waals surface area contributed by atoms with Gasteiger partial charge in [-0.3, -0.25) is 4.79 Å². The molecule has 2 rings (SSSR count). The maximum atomic E-state index is 12.4. The molecular formula is C15H15BrN2O3. The number of amides is 1. The van der Waals surface area contributed by atoms with Crippen molar-refractivity contribution in [3.8, 4) is 11.5 Å². The number of ether oxygens (including phenoxy) is 2. The third kappa shape index (κ3) is 3.33. The molecule has 0 saturated carbocycles. The van der Waals surface area contributed by atoms with Crippen molar-refractivity contribution in [2.45, 2.75) is 6.92 Å². The summed E-state index contributed by atoms with van der Waals surface area (Å²) >= 11 is 3.34. The molecule has 0 aliphatic carbocycles. The Bertz CT molecular complexity index is 674. The SMILES string of the molecule is COc1cccc(C(=O)Nc2ncc(Br)cc2C)c1OC. The van der Waals surface area contributed by atoms with E-state index < -0.39 is 0 Å². The van der Waals surface area contributed by atoms with Crippen LogP contribution in [0, 0.1) is 6.92 Å². The monoisotopic (exact) mass is 350 g/mol. The van der Waals surface area contributed by atoms with Crippen molar-refractivity contribution < 1.29 is 14.3 Å². The predicted octanol–water partition coefficient (Wildman–Crippen LogP) is 3.42. The maximum absolute atomic E-state index is 12.4. The lowest BCUT2D eigenvalue weighted by Crippen LogP contribution is -2.15. The second kappa shape index (κ2) is 6.58. The van der Waals surface area contributed by atoms with Crippen molar-refractivity contribution in [1.29, 1.82) is 0 Å². The fourth-order valence-electron chi connectivity index (χ4n) is 1.91. The van der Waals surface area contributed by atoms with E-state index in [0.29, 0.717) is 22.9 Å². The quantitative estimate of drug-likeness (QED) is 0.917. The Morgan fingerprint density at radius 2 is 2.05 bits per heavy atom. The summed E-state index contributed by atoms with van der Waals surface area (Å²) < 4.78 is 11.3. The molecule has 1 heterocycles.